The number of carbonyl (C=O) groups excluding carboxylic acids is 4. The van der Waals surface area contributed by atoms with Crippen molar-refractivity contribution in [2.75, 3.05) is 27.7 Å². The third-order valence-corrected chi connectivity index (χ3v) is 12.9. The van der Waals surface area contributed by atoms with Crippen LogP contribution in [0.4, 0.5) is 4.79 Å². The molecule has 1 amide bonds. The van der Waals surface area contributed by atoms with Gasteiger partial charge in [0.25, 0.3) is 0 Å². The van der Waals surface area contributed by atoms with E-state index in [4.69, 9.17) is 23.7 Å². The van der Waals surface area contributed by atoms with Gasteiger partial charge in [-0.3, -0.25) is 24.3 Å². The van der Waals surface area contributed by atoms with Crippen LogP contribution in [-0.2, 0) is 44.6 Å². The first-order valence-electron chi connectivity index (χ1n) is 21.5. The summed E-state index contributed by atoms with van der Waals surface area (Å²) in [5, 5.41) is 11.5. The van der Waals surface area contributed by atoms with Crippen molar-refractivity contribution in [2.24, 2.45) is 23.7 Å². The van der Waals surface area contributed by atoms with Gasteiger partial charge in [0.1, 0.15) is 23.9 Å². The Morgan fingerprint density at radius 1 is 1.05 bits per heavy atom. The van der Waals surface area contributed by atoms with Crippen LogP contribution in [0.2, 0.25) is 0 Å². The minimum absolute atomic E-state index is 0.116. The fourth-order valence-corrected chi connectivity index (χ4v) is 9.61. The summed E-state index contributed by atoms with van der Waals surface area (Å²) in [6, 6.07) is 2.67. The molecule has 5 rings (SSSR count). The fourth-order valence-electron chi connectivity index (χ4n) is 9.61. The highest BCUT2D eigenvalue weighted by Gasteiger charge is 2.61. The van der Waals surface area contributed by atoms with Crippen molar-refractivity contribution in [3.63, 3.8) is 0 Å². The Morgan fingerprint density at radius 2 is 1.77 bits per heavy atom. The predicted molar refractivity (Wildman–Crippen MR) is 223 cm³/mol. The number of aliphatic hydroxyl groups is 1. The number of methoxy groups -OCH3 is 1. The number of imidazole rings is 1. The van der Waals surface area contributed by atoms with Crippen LogP contribution in [0.5, 0.6) is 0 Å². The van der Waals surface area contributed by atoms with E-state index in [2.05, 4.69) is 9.97 Å². The number of carbonyl (C=O) groups is 4. The number of hydrogen-bond donors (Lipinski definition) is 1. The number of amides is 1. The third-order valence-electron chi connectivity index (χ3n) is 12.9. The minimum Gasteiger partial charge on any atom is -0.457 e. The molecule has 332 valence electrons. The molecule has 0 spiro atoms. The van der Waals surface area contributed by atoms with E-state index in [1.807, 2.05) is 62.7 Å². The molecule has 0 aromatic carbocycles. The monoisotopic (exact) mass is 837 g/mol. The Hall–Kier alpha value is -4.02. The smallest absolute Gasteiger partial charge is 0.411 e. The quantitative estimate of drug-likeness (QED) is 0.123. The summed E-state index contributed by atoms with van der Waals surface area (Å²) in [5.74, 6) is -5.10. The largest absolute Gasteiger partial charge is 0.457 e. The van der Waals surface area contributed by atoms with Crippen LogP contribution in [0, 0.1) is 23.7 Å². The first kappa shape index (κ1) is 47.0. The van der Waals surface area contributed by atoms with E-state index in [1.54, 1.807) is 63.5 Å². The minimum atomic E-state index is -1.53. The van der Waals surface area contributed by atoms with E-state index in [1.165, 1.54) is 14.0 Å². The van der Waals surface area contributed by atoms with E-state index in [-0.39, 0.29) is 37.3 Å². The topological polar surface area (TPSA) is 172 Å². The molecular weight excluding hydrogens is 771 g/mol. The number of Topliss-reactive ketones (excluding diaryl/α,β-unsaturated/α-hetero) is 2. The molecule has 2 aromatic heterocycles. The number of rotatable bonds is 12. The highest BCUT2D eigenvalue weighted by molar-refractivity contribution is 6.00. The van der Waals surface area contributed by atoms with Gasteiger partial charge >= 0.3 is 12.1 Å². The van der Waals surface area contributed by atoms with Crippen molar-refractivity contribution in [1.82, 2.24) is 24.3 Å². The maximum absolute atomic E-state index is 14.9. The van der Waals surface area contributed by atoms with Gasteiger partial charge < -0.3 is 38.3 Å². The molecule has 0 saturated carbocycles. The van der Waals surface area contributed by atoms with Crippen molar-refractivity contribution in [3.05, 3.63) is 49.2 Å². The molecule has 1 N–H and O–H groups in total. The number of unbranched alkanes of at least 4 members (excludes halogenated alkanes) is 1. The lowest BCUT2D eigenvalue weighted by Crippen LogP contribution is -2.60. The average molecular weight is 838 g/mol. The molecule has 13 atom stereocenters. The van der Waals surface area contributed by atoms with Crippen LogP contribution in [0.3, 0.4) is 0 Å². The third kappa shape index (κ3) is 9.70. The molecule has 3 aliphatic heterocycles. The second-order valence-corrected chi connectivity index (χ2v) is 17.5. The van der Waals surface area contributed by atoms with E-state index >= 15 is 0 Å². The molecule has 15 nitrogen and oxygen atoms in total. The second kappa shape index (κ2) is 19.8. The van der Waals surface area contributed by atoms with Gasteiger partial charge in [-0.2, -0.15) is 0 Å². The van der Waals surface area contributed by atoms with Gasteiger partial charge in [0.2, 0.25) is 0 Å². The van der Waals surface area contributed by atoms with E-state index in [9.17, 15) is 24.3 Å². The van der Waals surface area contributed by atoms with Crippen LogP contribution >= 0.6 is 0 Å². The molecule has 3 saturated heterocycles. The van der Waals surface area contributed by atoms with Crippen molar-refractivity contribution >= 4 is 23.6 Å². The average Bonchev–Trinajstić information content (AvgIpc) is 3.81. The van der Waals surface area contributed by atoms with Crippen LogP contribution in [-0.4, -0.2) is 135 Å². The number of ether oxygens (including phenoxy) is 5. The van der Waals surface area contributed by atoms with Crippen LogP contribution in [0.25, 0.3) is 11.3 Å². The summed E-state index contributed by atoms with van der Waals surface area (Å²) in [6.07, 6.45) is 7.71. The Morgan fingerprint density at radius 3 is 2.40 bits per heavy atom. The molecule has 5 heterocycles. The first-order valence-corrected chi connectivity index (χ1v) is 21.5. The van der Waals surface area contributed by atoms with E-state index in [0.29, 0.717) is 25.8 Å². The van der Waals surface area contributed by atoms with Gasteiger partial charge in [-0.1, -0.05) is 33.8 Å². The van der Waals surface area contributed by atoms with Gasteiger partial charge in [0, 0.05) is 68.1 Å². The Kier molecular flexibility index (Phi) is 15.5. The fraction of sp³-hybridized carbons (Fsp3) is 0.689. The van der Waals surface area contributed by atoms with Gasteiger partial charge in [0.15, 0.2) is 17.7 Å². The Balaban J connectivity index is 1.48. The summed E-state index contributed by atoms with van der Waals surface area (Å²) >= 11 is 0. The van der Waals surface area contributed by atoms with E-state index < -0.39 is 83.4 Å². The lowest BCUT2D eigenvalue weighted by molar-refractivity contribution is -0.295. The van der Waals surface area contributed by atoms with Crippen molar-refractivity contribution in [1.29, 1.82) is 0 Å². The normalized spacial score (nSPS) is 36.0. The molecule has 0 unspecified atom stereocenters. The summed E-state index contributed by atoms with van der Waals surface area (Å²) in [5.41, 5.74) is -1.09. The maximum atomic E-state index is 14.9. The Labute approximate surface area is 355 Å². The molecule has 3 fully saturated rings. The number of hydrogen-bond acceptors (Lipinski definition) is 13. The van der Waals surface area contributed by atoms with E-state index in [0.717, 1.165) is 11.3 Å². The predicted octanol–water partition coefficient (Wildman–Crippen LogP) is 5.49. The van der Waals surface area contributed by atoms with Crippen molar-refractivity contribution in [3.8, 4) is 11.3 Å². The molecule has 0 bridgehead atoms. The summed E-state index contributed by atoms with van der Waals surface area (Å²) < 4.78 is 33.5. The number of esters is 1. The lowest BCUT2D eigenvalue weighted by Gasteiger charge is -2.47. The lowest BCUT2D eigenvalue weighted by atomic mass is 9.72. The number of fused-ring (bicyclic) bond motifs is 1. The standard InChI is InChI=1S/C45H67N5O10/c1-12-18-45-35(13-2)58-41(54)31(7)37(52)30(6)40(59-42-38(53)34(48(9)10)22-28(4)57-42)44(8,56-11)23-27(3)36(51)29(5)39(45)50(43(55)60-45)21-15-14-20-49-25-33(47-26-49)32-17-16-19-46-24-32/h12,16-19,24-31,34-35,38-40,42,53H,13-15,20-23H2,1-11H3/b18-12+/t27-,28-,29+,30+,31-,34+,35-,38-,39-,40-,42+,44-,45-/m1/s1. The number of pyridine rings is 1. The zero-order valence-electron chi connectivity index (χ0n) is 37.3. The number of likely N-dealkylation sites (N-methyl/N-ethyl adjacent to an activating group) is 1. The molecular formula is C45H67N5O10. The Bertz CT molecular complexity index is 1820. The number of aryl methyl sites for hydroxylation is 1. The maximum Gasteiger partial charge on any atom is 0.411 e. The van der Waals surface area contributed by atoms with Crippen molar-refractivity contribution < 1.29 is 48.0 Å². The number of allylic oxidation sites excluding steroid dienone is 1. The van der Waals surface area contributed by atoms with Gasteiger partial charge in [-0.25, -0.2) is 9.78 Å². The van der Waals surface area contributed by atoms with Crippen LogP contribution < -0.4 is 0 Å². The number of nitrogens with zero attached hydrogens (tertiary/aromatic N) is 5. The SMILES string of the molecule is C/C=C/[C@]12OC(=O)N(CCCCn3cnc(-c4cccnc4)c3)[C@@H]1[C@@H](C)C(=O)[C@H](C)C[C@@](C)(OC)[C@H](O[C@@H]1O[C@H](C)C[C@H](N(C)C)[C@H]1O)[C@@H](C)C(=O)[C@@H](C)C(=O)O[C@@H]2CC. The van der Waals surface area contributed by atoms with Gasteiger partial charge in [-0.05, 0) is 92.1 Å². The molecule has 0 radical (unpaired) electrons. The first-order chi connectivity index (χ1) is 28.4. The highest BCUT2D eigenvalue weighted by Crippen LogP contribution is 2.44. The number of cyclic esters (lactones) is 1. The number of ketones is 2. The summed E-state index contributed by atoms with van der Waals surface area (Å²) in [4.78, 5) is 69.8. The number of aromatic nitrogens is 3. The zero-order valence-corrected chi connectivity index (χ0v) is 37.3. The molecule has 3 aliphatic rings. The molecule has 0 aliphatic carbocycles. The molecule has 60 heavy (non-hydrogen) atoms. The zero-order chi connectivity index (χ0) is 44.1. The van der Waals surface area contributed by atoms with Gasteiger partial charge in [0.05, 0.1) is 35.9 Å². The number of aliphatic hydroxyl groups excluding tert-OH is 1. The highest BCUT2D eigenvalue weighted by atomic mass is 16.7. The molecule has 2 aromatic rings. The van der Waals surface area contributed by atoms with Crippen molar-refractivity contribution in [2.45, 2.75) is 148 Å². The van der Waals surface area contributed by atoms with Gasteiger partial charge in [-0.15, -0.1) is 0 Å². The summed E-state index contributed by atoms with van der Waals surface area (Å²) in [7, 11) is 5.24. The van der Waals surface area contributed by atoms with Crippen LogP contribution in [0.15, 0.2) is 49.2 Å². The summed E-state index contributed by atoms with van der Waals surface area (Å²) in [6.45, 7) is 15.0. The van der Waals surface area contributed by atoms with Crippen LogP contribution in [0.1, 0.15) is 87.5 Å². The second-order valence-electron chi connectivity index (χ2n) is 17.5. The molecule has 15 heteroatoms.